The van der Waals surface area contributed by atoms with E-state index in [1.165, 1.54) is 63.9 Å². The monoisotopic (exact) mass is 339 g/mol. The summed E-state index contributed by atoms with van der Waals surface area (Å²) in [5, 5.41) is 11.4. The minimum Gasteiger partial charge on any atom is -0.478 e. The summed E-state index contributed by atoms with van der Waals surface area (Å²) in [6, 6.07) is 0. The van der Waals surface area contributed by atoms with Crippen molar-refractivity contribution in [2.45, 2.75) is 96.8 Å². The zero-order chi connectivity index (χ0) is 17.9. The number of hydrogen-bond acceptors (Lipinski definition) is 2. The molecule has 0 aromatic carbocycles. The Labute approximate surface area is 148 Å². The molecule has 4 heteroatoms. The molecule has 0 saturated heterocycles. The van der Waals surface area contributed by atoms with Crippen LogP contribution >= 0.6 is 0 Å². The fraction of sp³-hybridized carbons (Fsp3) is 0.800. The molecule has 1 amide bonds. The molecule has 0 spiro atoms. The fourth-order valence-corrected chi connectivity index (χ4v) is 2.71. The van der Waals surface area contributed by atoms with Crippen molar-refractivity contribution in [3.63, 3.8) is 0 Å². The molecular formula is C20H37NO3. The van der Waals surface area contributed by atoms with Gasteiger partial charge in [0.1, 0.15) is 0 Å². The number of amides is 1. The number of allylic oxidation sites excluding steroid dienone is 1. The summed E-state index contributed by atoms with van der Waals surface area (Å²) in [7, 11) is 0. The van der Waals surface area contributed by atoms with Gasteiger partial charge in [-0.1, -0.05) is 70.8 Å². The molecular weight excluding hydrogens is 302 g/mol. The van der Waals surface area contributed by atoms with E-state index in [9.17, 15) is 9.59 Å². The van der Waals surface area contributed by atoms with Crippen LogP contribution in [0.3, 0.4) is 0 Å². The molecule has 24 heavy (non-hydrogen) atoms. The van der Waals surface area contributed by atoms with E-state index in [2.05, 4.69) is 5.32 Å². The predicted octanol–water partition coefficient (Wildman–Crippen LogP) is 5.22. The second-order valence-electron chi connectivity index (χ2n) is 6.52. The molecule has 0 aliphatic heterocycles. The lowest BCUT2D eigenvalue weighted by Gasteiger charge is -2.04. The van der Waals surface area contributed by atoms with Gasteiger partial charge in [-0.25, -0.2) is 4.79 Å². The first-order chi connectivity index (χ1) is 11.7. The Morgan fingerprint density at radius 1 is 0.833 bits per heavy atom. The molecule has 0 aliphatic carbocycles. The van der Waals surface area contributed by atoms with Gasteiger partial charge in [0.2, 0.25) is 5.91 Å². The Balaban J connectivity index is 3.10. The van der Waals surface area contributed by atoms with Crippen molar-refractivity contribution in [2.24, 2.45) is 0 Å². The third kappa shape index (κ3) is 18.7. The third-order valence-electron chi connectivity index (χ3n) is 4.11. The number of aliphatic carboxylic acids is 1. The molecule has 0 unspecified atom stereocenters. The normalized spacial score (nSPS) is 11.0. The average Bonchev–Trinajstić information content (AvgIpc) is 2.54. The first kappa shape index (κ1) is 22.7. The summed E-state index contributed by atoms with van der Waals surface area (Å²) in [6.45, 7) is 2.86. The highest BCUT2D eigenvalue weighted by molar-refractivity contribution is 5.79. The lowest BCUT2D eigenvalue weighted by molar-refractivity contribution is -0.131. The number of carboxylic acid groups (broad SMARTS) is 1. The number of carbonyl (C=O) groups excluding carboxylic acids is 1. The minimum atomic E-state index is -0.851. The second-order valence-corrected chi connectivity index (χ2v) is 6.52. The summed E-state index contributed by atoms with van der Waals surface area (Å²) >= 11 is 0. The van der Waals surface area contributed by atoms with Gasteiger partial charge in [0.25, 0.3) is 0 Å². The zero-order valence-corrected chi connectivity index (χ0v) is 15.5. The van der Waals surface area contributed by atoms with Gasteiger partial charge < -0.3 is 10.4 Å². The first-order valence-corrected chi connectivity index (χ1v) is 9.83. The largest absolute Gasteiger partial charge is 0.478 e. The highest BCUT2D eigenvalue weighted by Crippen LogP contribution is 2.12. The van der Waals surface area contributed by atoms with Crippen molar-refractivity contribution in [1.82, 2.24) is 5.32 Å². The van der Waals surface area contributed by atoms with Crippen molar-refractivity contribution >= 4 is 11.9 Å². The lowest BCUT2D eigenvalue weighted by atomic mass is 10.1. The summed E-state index contributed by atoms with van der Waals surface area (Å²) in [5.74, 6) is -0.661. The molecule has 0 radical (unpaired) electrons. The molecule has 0 atom stereocenters. The van der Waals surface area contributed by atoms with Crippen LogP contribution in [0.2, 0.25) is 0 Å². The van der Waals surface area contributed by atoms with Crippen LogP contribution in [0.4, 0.5) is 0 Å². The van der Waals surface area contributed by atoms with Gasteiger partial charge in [-0.15, -0.1) is 0 Å². The predicted molar refractivity (Wildman–Crippen MR) is 100 cm³/mol. The molecule has 0 rings (SSSR count). The summed E-state index contributed by atoms with van der Waals surface area (Å²) < 4.78 is 0. The molecule has 0 aromatic heterocycles. The Kier molecular flexibility index (Phi) is 17.0. The van der Waals surface area contributed by atoms with E-state index in [1.54, 1.807) is 6.08 Å². The third-order valence-corrected chi connectivity index (χ3v) is 4.11. The first-order valence-electron chi connectivity index (χ1n) is 9.83. The van der Waals surface area contributed by atoms with Gasteiger partial charge in [0.05, 0.1) is 0 Å². The number of carbonyl (C=O) groups is 2. The Morgan fingerprint density at radius 3 is 1.83 bits per heavy atom. The molecule has 0 heterocycles. The maximum atomic E-state index is 11.3. The van der Waals surface area contributed by atoms with Crippen molar-refractivity contribution in [1.29, 1.82) is 0 Å². The summed E-state index contributed by atoms with van der Waals surface area (Å²) in [4.78, 5) is 21.5. The van der Waals surface area contributed by atoms with Crippen LogP contribution in [0.25, 0.3) is 0 Å². The highest BCUT2D eigenvalue weighted by atomic mass is 16.4. The Morgan fingerprint density at radius 2 is 1.33 bits per heavy atom. The molecule has 0 aliphatic rings. The molecule has 0 saturated carbocycles. The van der Waals surface area contributed by atoms with Crippen molar-refractivity contribution < 1.29 is 14.7 Å². The lowest BCUT2D eigenvalue weighted by Crippen LogP contribution is -2.23. The molecule has 0 bridgehead atoms. The maximum Gasteiger partial charge on any atom is 0.327 e. The number of carboxylic acids is 1. The number of hydrogen-bond donors (Lipinski definition) is 2. The zero-order valence-electron chi connectivity index (χ0n) is 15.5. The summed E-state index contributed by atoms with van der Waals surface area (Å²) in [5.41, 5.74) is 0. The Hall–Kier alpha value is -1.32. The van der Waals surface area contributed by atoms with Crippen LogP contribution in [-0.2, 0) is 9.59 Å². The van der Waals surface area contributed by atoms with Gasteiger partial charge in [-0.05, 0) is 25.7 Å². The van der Waals surface area contributed by atoms with Gasteiger partial charge in [0.15, 0.2) is 0 Å². The van der Waals surface area contributed by atoms with Gasteiger partial charge >= 0.3 is 5.97 Å². The molecule has 0 aromatic rings. The van der Waals surface area contributed by atoms with Crippen LogP contribution < -0.4 is 5.32 Å². The maximum absolute atomic E-state index is 11.3. The smallest absolute Gasteiger partial charge is 0.327 e. The van der Waals surface area contributed by atoms with E-state index in [-0.39, 0.29) is 5.91 Å². The molecule has 2 N–H and O–H groups in total. The quantitative estimate of drug-likeness (QED) is 0.282. The SMILES string of the molecule is CCCC(=O)NCCCCCCCCCCCCCC=CC(=O)O. The topological polar surface area (TPSA) is 66.4 Å². The standard InChI is InChI=1S/C20H37NO3/c1-2-16-19(22)21-18-15-13-11-9-7-5-3-4-6-8-10-12-14-17-20(23)24/h14,17H,2-13,15-16,18H2,1H3,(H,21,22)(H,23,24). The molecule has 0 fully saturated rings. The van der Waals surface area contributed by atoms with E-state index in [0.29, 0.717) is 6.42 Å². The average molecular weight is 340 g/mol. The number of rotatable bonds is 17. The van der Waals surface area contributed by atoms with E-state index in [1.807, 2.05) is 6.92 Å². The van der Waals surface area contributed by atoms with Crippen molar-refractivity contribution in [2.75, 3.05) is 6.54 Å². The summed E-state index contributed by atoms with van der Waals surface area (Å²) in [6.07, 6.45) is 19.2. The van der Waals surface area contributed by atoms with Crippen LogP contribution in [-0.4, -0.2) is 23.5 Å². The van der Waals surface area contributed by atoms with Gasteiger partial charge in [0, 0.05) is 19.0 Å². The fourth-order valence-electron chi connectivity index (χ4n) is 2.71. The molecule has 140 valence electrons. The molecule has 4 nitrogen and oxygen atoms in total. The second kappa shape index (κ2) is 18.0. The van der Waals surface area contributed by atoms with Crippen molar-refractivity contribution in [3.05, 3.63) is 12.2 Å². The van der Waals surface area contributed by atoms with Crippen LogP contribution in [0.1, 0.15) is 96.8 Å². The van der Waals surface area contributed by atoms with E-state index in [4.69, 9.17) is 5.11 Å². The Bertz CT molecular complexity index is 340. The number of nitrogens with one attached hydrogen (secondary N) is 1. The van der Waals surface area contributed by atoms with Crippen molar-refractivity contribution in [3.8, 4) is 0 Å². The van der Waals surface area contributed by atoms with Gasteiger partial charge in [-0.2, -0.15) is 0 Å². The van der Waals surface area contributed by atoms with Gasteiger partial charge in [-0.3, -0.25) is 4.79 Å². The number of unbranched alkanes of at least 4 members (excludes halogenated alkanes) is 11. The van der Waals surface area contributed by atoms with Crippen LogP contribution in [0.15, 0.2) is 12.2 Å². The van der Waals surface area contributed by atoms with Crippen LogP contribution in [0.5, 0.6) is 0 Å². The highest BCUT2D eigenvalue weighted by Gasteiger charge is 1.97. The van der Waals surface area contributed by atoms with E-state index < -0.39 is 5.97 Å². The van der Waals surface area contributed by atoms with Crippen LogP contribution in [0, 0.1) is 0 Å². The van der Waals surface area contributed by atoms with E-state index in [0.717, 1.165) is 32.2 Å². The van der Waals surface area contributed by atoms with E-state index >= 15 is 0 Å². The minimum absolute atomic E-state index is 0.190.